The van der Waals surface area contributed by atoms with Gasteiger partial charge in [-0.2, -0.15) is 0 Å². The van der Waals surface area contributed by atoms with Gasteiger partial charge in [-0.25, -0.2) is 4.98 Å². The highest BCUT2D eigenvalue weighted by Crippen LogP contribution is 2.23. The minimum Gasteiger partial charge on any atom is -0.356 e. The molecule has 5 nitrogen and oxygen atoms in total. The quantitative estimate of drug-likeness (QED) is 0.757. The summed E-state index contributed by atoms with van der Waals surface area (Å²) < 4.78 is 0. The standard InChI is InChI=1S/C19H20N4O/c1-23(2)19(24)10-14-6-8-16(9-7-14)22-17-5-3-4-15(11-17)18-12-20-13-21-18/h3-9,11-13,22H,10H2,1-2H3,(H,20,21). The molecule has 5 heteroatoms. The van der Waals surface area contributed by atoms with Gasteiger partial charge < -0.3 is 15.2 Å². The van der Waals surface area contributed by atoms with Crippen LogP contribution in [0.25, 0.3) is 11.3 Å². The summed E-state index contributed by atoms with van der Waals surface area (Å²) in [5, 5.41) is 3.38. The van der Waals surface area contributed by atoms with E-state index >= 15 is 0 Å². The van der Waals surface area contributed by atoms with E-state index in [1.54, 1.807) is 31.5 Å². The molecular weight excluding hydrogens is 300 g/mol. The molecule has 0 fully saturated rings. The lowest BCUT2D eigenvalue weighted by molar-refractivity contribution is -0.127. The average Bonchev–Trinajstić information content (AvgIpc) is 3.11. The fraction of sp³-hybridized carbons (Fsp3) is 0.158. The molecule has 0 atom stereocenters. The summed E-state index contributed by atoms with van der Waals surface area (Å²) in [5.41, 5.74) is 5.05. The van der Waals surface area contributed by atoms with E-state index in [1.165, 1.54) is 0 Å². The zero-order valence-corrected chi connectivity index (χ0v) is 13.8. The minimum absolute atomic E-state index is 0.1000. The van der Waals surface area contributed by atoms with E-state index in [2.05, 4.69) is 21.4 Å². The van der Waals surface area contributed by atoms with Crippen molar-refractivity contribution >= 4 is 17.3 Å². The van der Waals surface area contributed by atoms with Crippen LogP contribution in [0.4, 0.5) is 11.4 Å². The van der Waals surface area contributed by atoms with Crippen LogP contribution in [0.5, 0.6) is 0 Å². The lowest BCUT2D eigenvalue weighted by Gasteiger charge is -2.11. The summed E-state index contributed by atoms with van der Waals surface area (Å²) >= 11 is 0. The number of nitrogens with zero attached hydrogens (tertiary/aromatic N) is 2. The van der Waals surface area contributed by atoms with Gasteiger partial charge in [0, 0.05) is 31.0 Å². The normalized spacial score (nSPS) is 10.4. The molecule has 0 aliphatic heterocycles. The number of hydrogen-bond acceptors (Lipinski definition) is 3. The molecule has 3 aromatic rings. The Morgan fingerprint density at radius 2 is 1.92 bits per heavy atom. The third kappa shape index (κ3) is 3.81. The van der Waals surface area contributed by atoms with Gasteiger partial charge in [-0.15, -0.1) is 0 Å². The summed E-state index contributed by atoms with van der Waals surface area (Å²) in [7, 11) is 3.54. The Kier molecular flexibility index (Phi) is 4.61. The lowest BCUT2D eigenvalue weighted by Crippen LogP contribution is -2.23. The molecule has 0 unspecified atom stereocenters. The van der Waals surface area contributed by atoms with Gasteiger partial charge in [0.15, 0.2) is 0 Å². The van der Waals surface area contributed by atoms with Crippen LogP contribution >= 0.6 is 0 Å². The average molecular weight is 320 g/mol. The van der Waals surface area contributed by atoms with Crippen molar-refractivity contribution in [1.82, 2.24) is 14.9 Å². The van der Waals surface area contributed by atoms with E-state index in [0.717, 1.165) is 28.2 Å². The summed E-state index contributed by atoms with van der Waals surface area (Å²) in [6.07, 6.45) is 3.89. The Labute approximate surface area is 141 Å². The van der Waals surface area contributed by atoms with Crippen molar-refractivity contribution in [3.05, 3.63) is 66.6 Å². The molecular formula is C19H20N4O. The van der Waals surface area contributed by atoms with Crippen LogP contribution in [0.3, 0.4) is 0 Å². The second kappa shape index (κ2) is 7.00. The summed E-state index contributed by atoms with van der Waals surface area (Å²) in [5.74, 6) is 0.1000. The van der Waals surface area contributed by atoms with Gasteiger partial charge in [-0.1, -0.05) is 24.3 Å². The van der Waals surface area contributed by atoms with Gasteiger partial charge in [-0.3, -0.25) is 4.79 Å². The second-order valence-electron chi connectivity index (χ2n) is 5.83. The number of aromatic amines is 1. The molecule has 122 valence electrons. The number of carbonyl (C=O) groups is 1. The molecule has 1 heterocycles. The van der Waals surface area contributed by atoms with Crippen molar-refractivity contribution in [2.75, 3.05) is 19.4 Å². The number of hydrogen-bond donors (Lipinski definition) is 2. The fourth-order valence-electron chi connectivity index (χ4n) is 2.38. The molecule has 0 bridgehead atoms. The number of H-pyrrole nitrogens is 1. The SMILES string of the molecule is CN(C)C(=O)Cc1ccc(Nc2cccc(-c3cnc[nH]3)c2)cc1. The van der Waals surface area contributed by atoms with E-state index in [9.17, 15) is 4.79 Å². The van der Waals surface area contributed by atoms with Crippen molar-refractivity contribution in [3.8, 4) is 11.3 Å². The van der Waals surface area contributed by atoms with E-state index < -0.39 is 0 Å². The number of imidazole rings is 1. The van der Waals surface area contributed by atoms with Crippen LogP contribution in [0, 0.1) is 0 Å². The fourth-order valence-corrected chi connectivity index (χ4v) is 2.38. The molecule has 0 aliphatic carbocycles. The minimum atomic E-state index is 0.1000. The molecule has 0 saturated heterocycles. The number of carbonyl (C=O) groups excluding carboxylic acids is 1. The maximum atomic E-state index is 11.7. The molecule has 1 aromatic heterocycles. The highest BCUT2D eigenvalue weighted by Gasteiger charge is 2.06. The first-order valence-corrected chi connectivity index (χ1v) is 7.77. The monoisotopic (exact) mass is 320 g/mol. The van der Waals surface area contributed by atoms with Gasteiger partial charge in [0.25, 0.3) is 0 Å². The highest BCUT2D eigenvalue weighted by atomic mass is 16.2. The van der Waals surface area contributed by atoms with Gasteiger partial charge in [0.1, 0.15) is 0 Å². The van der Waals surface area contributed by atoms with Gasteiger partial charge in [0.05, 0.1) is 24.6 Å². The first-order chi connectivity index (χ1) is 11.6. The Bertz CT molecular complexity index is 808. The van der Waals surface area contributed by atoms with Gasteiger partial charge in [-0.05, 0) is 29.8 Å². The van der Waals surface area contributed by atoms with Crippen LogP contribution < -0.4 is 5.32 Å². The van der Waals surface area contributed by atoms with Crippen LogP contribution in [0.15, 0.2) is 61.1 Å². The van der Waals surface area contributed by atoms with Crippen LogP contribution in [0.2, 0.25) is 0 Å². The molecule has 0 saturated carbocycles. The third-order valence-corrected chi connectivity index (χ3v) is 3.77. The summed E-state index contributed by atoms with van der Waals surface area (Å²) in [6.45, 7) is 0. The predicted octanol–water partition coefficient (Wildman–Crippen LogP) is 3.45. The molecule has 2 N–H and O–H groups in total. The largest absolute Gasteiger partial charge is 0.356 e. The topological polar surface area (TPSA) is 61.0 Å². The zero-order valence-electron chi connectivity index (χ0n) is 13.8. The van der Waals surface area contributed by atoms with Crippen molar-refractivity contribution < 1.29 is 4.79 Å². The van der Waals surface area contributed by atoms with E-state index in [1.807, 2.05) is 42.5 Å². The summed E-state index contributed by atoms with van der Waals surface area (Å²) in [6, 6.07) is 16.0. The van der Waals surface area contributed by atoms with E-state index in [0.29, 0.717) is 6.42 Å². The number of rotatable bonds is 5. The van der Waals surface area contributed by atoms with Crippen molar-refractivity contribution in [1.29, 1.82) is 0 Å². The molecule has 0 radical (unpaired) electrons. The molecule has 1 amide bonds. The Balaban J connectivity index is 1.70. The second-order valence-corrected chi connectivity index (χ2v) is 5.83. The van der Waals surface area contributed by atoms with E-state index in [4.69, 9.17) is 0 Å². The molecule has 0 spiro atoms. The number of aromatic nitrogens is 2. The molecule has 0 aliphatic rings. The maximum absolute atomic E-state index is 11.7. The highest BCUT2D eigenvalue weighted by molar-refractivity contribution is 5.78. The number of nitrogens with one attached hydrogen (secondary N) is 2. The zero-order chi connectivity index (χ0) is 16.9. The van der Waals surface area contributed by atoms with Crippen molar-refractivity contribution in [2.24, 2.45) is 0 Å². The van der Waals surface area contributed by atoms with Crippen LogP contribution in [0.1, 0.15) is 5.56 Å². The first-order valence-electron chi connectivity index (χ1n) is 7.77. The Morgan fingerprint density at radius 3 is 2.58 bits per heavy atom. The number of likely N-dealkylation sites (N-methyl/N-ethyl adjacent to an activating group) is 1. The van der Waals surface area contributed by atoms with Crippen molar-refractivity contribution in [3.63, 3.8) is 0 Å². The van der Waals surface area contributed by atoms with Crippen LogP contribution in [-0.2, 0) is 11.2 Å². The van der Waals surface area contributed by atoms with E-state index in [-0.39, 0.29) is 5.91 Å². The Morgan fingerprint density at radius 1 is 1.12 bits per heavy atom. The van der Waals surface area contributed by atoms with Crippen molar-refractivity contribution in [2.45, 2.75) is 6.42 Å². The molecule has 3 rings (SSSR count). The lowest BCUT2D eigenvalue weighted by atomic mass is 10.1. The molecule has 24 heavy (non-hydrogen) atoms. The molecule has 2 aromatic carbocycles. The Hall–Kier alpha value is -3.08. The summed E-state index contributed by atoms with van der Waals surface area (Å²) in [4.78, 5) is 20.5. The van der Waals surface area contributed by atoms with Gasteiger partial charge >= 0.3 is 0 Å². The number of benzene rings is 2. The van der Waals surface area contributed by atoms with Crippen LogP contribution in [-0.4, -0.2) is 34.9 Å². The number of amides is 1. The first kappa shape index (κ1) is 15.8. The number of anilines is 2. The van der Waals surface area contributed by atoms with Gasteiger partial charge in [0.2, 0.25) is 5.91 Å². The predicted molar refractivity (Wildman–Crippen MR) is 96.1 cm³/mol. The third-order valence-electron chi connectivity index (χ3n) is 3.77. The maximum Gasteiger partial charge on any atom is 0.226 e. The smallest absolute Gasteiger partial charge is 0.226 e.